The molecular weight excluding hydrogens is 531 g/mol. The van der Waals surface area contributed by atoms with Gasteiger partial charge in [-0.1, -0.05) is 23.7 Å². The van der Waals surface area contributed by atoms with Gasteiger partial charge in [0.05, 0.1) is 12.9 Å². The van der Waals surface area contributed by atoms with Gasteiger partial charge in [-0.15, -0.1) is 0 Å². The predicted molar refractivity (Wildman–Crippen MR) is 133 cm³/mol. The Kier molecular flexibility index (Phi) is 6.56. The van der Waals surface area contributed by atoms with Crippen LogP contribution in [0.1, 0.15) is 11.4 Å². The summed E-state index contributed by atoms with van der Waals surface area (Å²) in [6, 6.07) is 13.7. The molecule has 9 nitrogen and oxygen atoms in total. The van der Waals surface area contributed by atoms with E-state index in [0.29, 0.717) is 27.5 Å². The number of aromatic nitrogens is 6. The highest BCUT2D eigenvalue weighted by Gasteiger charge is 2.30. The lowest BCUT2D eigenvalue weighted by atomic mass is 10.2. The Morgan fingerprint density at radius 2 is 1.81 bits per heavy atom. The van der Waals surface area contributed by atoms with Crippen LogP contribution >= 0.6 is 23.1 Å². The van der Waals surface area contributed by atoms with Crippen molar-refractivity contribution in [1.29, 1.82) is 0 Å². The number of alkyl halides is 3. The Balaban J connectivity index is 1.51. The van der Waals surface area contributed by atoms with Crippen LogP contribution in [0.15, 0.2) is 59.7 Å². The number of anilines is 2. The molecule has 2 aromatic carbocycles. The molecule has 14 heteroatoms. The average Bonchev–Trinajstić information content (AvgIpc) is 3.44. The number of imidazole rings is 1. The van der Waals surface area contributed by atoms with Gasteiger partial charge in [-0.25, -0.2) is 4.98 Å². The minimum Gasteiger partial charge on any atom is -0.430 e. The fourth-order valence-corrected chi connectivity index (χ4v) is 4.27. The molecule has 5 aromatic rings. The van der Waals surface area contributed by atoms with Gasteiger partial charge in [0.25, 0.3) is 5.19 Å². The van der Waals surface area contributed by atoms with Crippen molar-refractivity contribution in [3.8, 4) is 10.9 Å². The SMILES string of the molecule is Cc1nsc(Oc2ccc(Nc3nc(=O)c4c(ncn4CC(F)(F)F)n3Cc3ccc(Cl)cc3)cc2)n1. The molecule has 0 aliphatic carbocycles. The summed E-state index contributed by atoms with van der Waals surface area (Å²) in [6.45, 7) is 0.573. The van der Waals surface area contributed by atoms with E-state index in [1.807, 2.05) is 0 Å². The summed E-state index contributed by atoms with van der Waals surface area (Å²) < 4.78 is 51.3. The quantitative estimate of drug-likeness (QED) is 0.285. The second-order valence-corrected chi connectivity index (χ2v) is 9.12. The maximum Gasteiger partial charge on any atom is 0.406 e. The Bertz CT molecular complexity index is 1610. The van der Waals surface area contributed by atoms with Gasteiger partial charge in [-0.3, -0.25) is 9.36 Å². The van der Waals surface area contributed by atoms with Crippen molar-refractivity contribution in [1.82, 2.24) is 28.5 Å². The first-order chi connectivity index (χ1) is 17.6. The zero-order chi connectivity index (χ0) is 26.2. The van der Waals surface area contributed by atoms with E-state index in [2.05, 4.69) is 24.6 Å². The minimum absolute atomic E-state index is 0.0632. The summed E-state index contributed by atoms with van der Waals surface area (Å²) in [4.78, 5) is 25.2. The Morgan fingerprint density at radius 1 is 1.08 bits per heavy atom. The molecule has 0 amide bonds. The number of rotatable bonds is 7. The Hall–Kier alpha value is -3.97. The second-order valence-electron chi connectivity index (χ2n) is 7.97. The molecule has 0 aliphatic heterocycles. The van der Waals surface area contributed by atoms with Crippen molar-refractivity contribution in [2.75, 3.05) is 5.32 Å². The standard InChI is InChI=1S/C23H17ClF3N7O2S/c1-13-29-22(37-32-13)36-17-8-6-16(7-9-17)30-21-31-20(35)18-19(28-12-33(18)11-23(25,26)27)34(21)10-14-2-4-15(24)5-3-14/h2-9,12H,10-11H2,1H3,(H,30,31,35). The van der Waals surface area contributed by atoms with Crippen LogP contribution in [0, 0.1) is 6.92 Å². The molecule has 1 N–H and O–H groups in total. The number of halogens is 4. The second kappa shape index (κ2) is 9.82. The first kappa shape index (κ1) is 24.7. The predicted octanol–water partition coefficient (Wildman–Crippen LogP) is 5.55. The lowest BCUT2D eigenvalue weighted by Gasteiger charge is -2.16. The summed E-state index contributed by atoms with van der Waals surface area (Å²) in [7, 11) is 0. The van der Waals surface area contributed by atoms with Crippen LogP contribution in [0.5, 0.6) is 10.9 Å². The van der Waals surface area contributed by atoms with Crippen LogP contribution in [0.3, 0.4) is 0 Å². The number of benzene rings is 2. The highest BCUT2D eigenvalue weighted by Crippen LogP contribution is 2.27. The summed E-state index contributed by atoms with van der Waals surface area (Å²) in [5, 5.41) is 4.00. The van der Waals surface area contributed by atoms with Crippen molar-refractivity contribution in [2.45, 2.75) is 26.2 Å². The molecule has 0 aliphatic rings. The van der Waals surface area contributed by atoms with Crippen LogP contribution in [0.2, 0.25) is 5.02 Å². The van der Waals surface area contributed by atoms with Gasteiger partial charge in [0, 0.05) is 22.2 Å². The van der Waals surface area contributed by atoms with Crippen LogP contribution in [-0.2, 0) is 13.1 Å². The van der Waals surface area contributed by atoms with Crippen LogP contribution in [0.4, 0.5) is 24.8 Å². The largest absolute Gasteiger partial charge is 0.430 e. The number of aryl methyl sites for hydroxylation is 1. The van der Waals surface area contributed by atoms with Crippen molar-refractivity contribution in [3.05, 3.63) is 81.6 Å². The van der Waals surface area contributed by atoms with E-state index in [1.54, 1.807) is 60.0 Å². The molecule has 37 heavy (non-hydrogen) atoms. The zero-order valence-electron chi connectivity index (χ0n) is 19.0. The zero-order valence-corrected chi connectivity index (χ0v) is 20.6. The van der Waals surface area contributed by atoms with Gasteiger partial charge >= 0.3 is 11.7 Å². The topological polar surface area (TPSA) is 99.8 Å². The third kappa shape index (κ3) is 5.73. The van der Waals surface area contributed by atoms with Gasteiger partial charge in [0.15, 0.2) is 11.2 Å². The lowest BCUT2D eigenvalue weighted by Crippen LogP contribution is -2.23. The lowest BCUT2D eigenvalue weighted by molar-refractivity contribution is -0.140. The molecular formula is C23H17ClF3N7O2S. The highest BCUT2D eigenvalue weighted by molar-refractivity contribution is 7.07. The van der Waals surface area contributed by atoms with Crippen molar-refractivity contribution in [2.24, 2.45) is 0 Å². The average molecular weight is 548 g/mol. The number of nitrogens with zero attached hydrogens (tertiary/aromatic N) is 6. The van der Waals surface area contributed by atoms with Gasteiger partial charge in [-0.2, -0.15) is 27.5 Å². The molecule has 0 saturated carbocycles. The molecule has 3 heterocycles. The summed E-state index contributed by atoms with van der Waals surface area (Å²) in [6.07, 6.45) is -3.54. The van der Waals surface area contributed by atoms with E-state index in [0.717, 1.165) is 28.0 Å². The molecule has 0 fully saturated rings. The van der Waals surface area contributed by atoms with Crippen molar-refractivity contribution in [3.63, 3.8) is 0 Å². The molecule has 0 unspecified atom stereocenters. The highest BCUT2D eigenvalue weighted by atomic mass is 35.5. The van der Waals surface area contributed by atoms with E-state index >= 15 is 0 Å². The fourth-order valence-electron chi connectivity index (χ4n) is 3.58. The molecule has 0 atom stereocenters. The molecule has 5 rings (SSSR count). The van der Waals surface area contributed by atoms with Crippen molar-refractivity contribution < 1.29 is 17.9 Å². The van der Waals surface area contributed by atoms with E-state index < -0.39 is 18.3 Å². The summed E-state index contributed by atoms with van der Waals surface area (Å²) in [5.41, 5.74) is 0.326. The molecule has 0 saturated heterocycles. The maximum atomic E-state index is 13.1. The third-order valence-corrected chi connectivity index (χ3v) is 6.11. The first-order valence-electron chi connectivity index (χ1n) is 10.8. The van der Waals surface area contributed by atoms with E-state index in [4.69, 9.17) is 16.3 Å². The third-order valence-electron chi connectivity index (χ3n) is 5.17. The normalized spacial score (nSPS) is 11.7. The van der Waals surface area contributed by atoms with Crippen molar-refractivity contribution >= 4 is 45.9 Å². The maximum absolute atomic E-state index is 13.1. The van der Waals surface area contributed by atoms with Gasteiger partial charge in [0.1, 0.15) is 18.1 Å². The fraction of sp³-hybridized carbons (Fsp3) is 0.174. The first-order valence-corrected chi connectivity index (χ1v) is 11.9. The summed E-state index contributed by atoms with van der Waals surface area (Å²) in [5.74, 6) is 1.24. The van der Waals surface area contributed by atoms with Crippen LogP contribution in [0.25, 0.3) is 11.2 Å². The smallest absolute Gasteiger partial charge is 0.406 e. The number of hydrogen-bond acceptors (Lipinski definition) is 8. The summed E-state index contributed by atoms with van der Waals surface area (Å²) >= 11 is 7.12. The van der Waals surface area contributed by atoms with E-state index in [1.165, 1.54) is 0 Å². The molecule has 0 radical (unpaired) electrons. The van der Waals surface area contributed by atoms with E-state index in [-0.39, 0.29) is 23.7 Å². The molecule has 190 valence electrons. The Labute approximate surface area is 216 Å². The monoisotopic (exact) mass is 547 g/mol. The van der Waals surface area contributed by atoms with Crippen LogP contribution < -0.4 is 15.6 Å². The van der Waals surface area contributed by atoms with Gasteiger partial charge < -0.3 is 14.6 Å². The number of hydrogen-bond donors (Lipinski definition) is 1. The minimum atomic E-state index is -4.53. The number of ether oxygens (including phenoxy) is 1. The number of fused-ring (bicyclic) bond motifs is 1. The molecule has 0 bridgehead atoms. The van der Waals surface area contributed by atoms with E-state index in [9.17, 15) is 18.0 Å². The van der Waals surface area contributed by atoms with Crippen LogP contribution in [-0.4, -0.2) is 34.6 Å². The van der Waals surface area contributed by atoms with Gasteiger partial charge in [0.2, 0.25) is 5.95 Å². The number of nitrogens with one attached hydrogen (secondary N) is 1. The Morgan fingerprint density at radius 3 is 2.46 bits per heavy atom. The molecule has 0 spiro atoms. The van der Waals surface area contributed by atoms with Gasteiger partial charge in [-0.05, 0) is 48.9 Å². The molecule has 3 aromatic heterocycles.